The number of benzene rings is 2. The molecule has 0 atom stereocenters. The van der Waals surface area contributed by atoms with Gasteiger partial charge in [0, 0.05) is 20.8 Å². The quantitative estimate of drug-likeness (QED) is 0.818. The molecule has 122 valence electrons. The lowest BCUT2D eigenvalue weighted by Gasteiger charge is -2.13. The highest BCUT2D eigenvalue weighted by Gasteiger charge is 2.36. The number of fused-ring (bicyclic) bond motifs is 1. The van der Waals surface area contributed by atoms with Crippen LogP contribution in [-0.4, -0.2) is 29.2 Å². The molecule has 2 aromatic carbocycles. The summed E-state index contributed by atoms with van der Waals surface area (Å²) in [5.41, 5.74) is 0.784. The molecule has 2 aromatic rings. The summed E-state index contributed by atoms with van der Waals surface area (Å²) in [4.78, 5) is 37.5. The molecular weight excluding hydrogens is 375 g/mol. The topological polar surface area (TPSA) is 66.5 Å². The number of carbonyl (C=O) groups is 3. The van der Waals surface area contributed by atoms with E-state index in [1.165, 1.54) is 36.4 Å². The van der Waals surface area contributed by atoms with Crippen LogP contribution in [0.2, 0.25) is 15.1 Å². The Morgan fingerprint density at radius 3 is 2.17 bits per heavy atom. The predicted octanol–water partition coefficient (Wildman–Crippen LogP) is 3.88. The van der Waals surface area contributed by atoms with Gasteiger partial charge in [-0.25, -0.2) is 0 Å². The van der Waals surface area contributed by atoms with Gasteiger partial charge in [0.05, 0.1) is 11.1 Å². The smallest absolute Gasteiger partial charge is 0.262 e. The molecule has 3 amide bonds. The first-order valence-electron chi connectivity index (χ1n) is 6.77. The van der Waals surface area contributed by atoms with Gasteiger partial charge in [-0.3, -0.25) is 19.3 Å². The summed E-state index contributed by atoms with van der Waals surface area (Å²) in [5, 5.41) is 3.60. The van der Waals surface area contributed by atoms with Crippen molar-refractivity contribution < 1.29 is 14.4 Å². The molecule has 0 bridgehead atoms. The van der Waals surface area contributed by atoms with Crippen molar-refractivity contribution in [2.75, 3.05) is 11.9 Å². The van der Waals surface area contributed by atoms with E-state index in [1.54, 1.807) is 0 Å². The second kappa shape index (κ2) is 6.43. The molecule has 3 rings (SSSR count). The maximum absolute atomic E-state index is 12.3. The van der Waals surface area contributed by atoms with Crippen molar-refractivity contribution in [1.29, 1.82) is 0 Å². The van der Waals surface area contributed by atoms with Gasteiger partial charge in [-0.2, -0.15) is 0 Å². The molecule has 24 heavy (non-hydrogen) atoms. The number of hydrogen-bond acceptors (Lipinski definition) is 3. The summed E-state index contributed by atoms with van der Waals surface area (Å²) in [6, 6.07) is 8.93. The van der Waals surface area contributed by atoms with E-state index >= 15 is 0 Å². The minimum atomic E-state index is -0.559. The monoisotopic (exact) mass is 382 g/mol. The summed E-state index contributed by atoms with van der Waals surface area (Å²) < 4.78 is 0. The van der Waals surface area contributed by atoms with Gasteiger partial charge in [0.2, 0.25) is 5.91 Å². The maximum Gasteiger partial charge on any atom is 0.262 e. The maximum atomic E-state index is 12.3. The summed E-state index contributed by atoms with van der Waals surface area (Å²) in [6.07, 6.45) is 0. The number of hydrogen-bond donors (Lipinski definition) is 1. The molecule has 1 aliphatic rings. The Morgan fingerprint density at radius 2 is 1.50 bits per heavy atom. The van der Waals surface area contributed by atoms with Crippen LogP contribution < -0.4 is 5.32 Å². The van der Waals surface area contributed by atoms with Crippen molar-refractivity contribution in [2.45, 2.75) is 0 Å². The third-order valence-corrected chi connectivity index (χ3v) is 4.05. The Kier molecular flexibility index (Phi) is 4.49. The Morgan fingerprint density at radius 1 is 0.875 bits per heavy atom. The zero-order valence-electron chi connectivity index (χ0n) is 12.0. The van der Waals surface area contributed by atoms with E-state index in [4.69, 9.17) is 34.8 Å². The van der Waals surface area contributed by atoms with Crippen molar-refractivity contribution >= 4 is 58.2 Å². The number of rotatable bonds is 3. The first kappa shape index (κ1) is 16.8. The van der Waals surface area contributed by atoms with E-state index in [1.807, 2.05) is 0 Å². The van der Waals surface area contributed by atoms with E-state index in [9.17, 15) is 14.4 Å². The van der Waals surface area contributed by atoms with E-state index < -0.39 is 24.3 Å². The Balaban J connectivity index is 1.76. The summed E-state index contributed by atoms with van der Waals surface area (Å²) in [7, 11) is 0. The number of nitrogens with one attached hydrogen (secondary N) is 1. The lowest BCUT2D eigenvalue weighted by atomic mass is 10.1. The molecule has 1 heterocycles. The lowest BCUT2D eigenvalue weighted by Crippen LogP contribution is -2.37. The molecule has 0 unspecified atom stereocenters. The molecule has 0 fully saturated rings. The molecule has 8 heteroatoms. The molecule has 5 nitrogen and oxygen atoms in total. The van der Waals surface area contributed by atoms with Crippen LogP contribution in [-0.2, 0) is 4.79 Å². The van der Waals surface area contributed by atoms with Crippen LogP contribution >= 0.6 is 34.8 Å². The Labute approximate surface area is 152 Å². The molecule has 0 radical (unpaired) electrons. The number of nitrogens with zero attached hydrogens (tertiary/aromatic N) is 1. The van der Waals surface area contributed by atoms with Gasteiger partial charge in [-0.1, -0.05) is 34.8 Å². The molecule has 0 aromatic heterocycles. The van der Waals surface area contributed by atoms with Crippen molar-refractivity contribution in [3.8, 4) is 0 Å². The fourth-order valence-electron chi connectivity index (χ4n) is 2.38. The summed E-state index contributed by atoms with van der Waals surface area (Å²) in [5.74, 6) is -1.64. The number of amides is 3. The van der Waals surface area contributed by atoms with Gasteiger partial charge in [0.1, 0.15) is 6.54 Å². The first-order valence-corrected chi connectivity index (χ1v) is 7.90. The number of carbonyl (C=O) groups excluding carboxylic acids is 3. The van der Waals surface area contributed by atoms with Crippen molar-refractivity contribution in [3.63, 3.8) is 0 Å². The lowest BCUT2D eigenvalue weighted by molar-refractivity contribution is -0.116. The van der Waals surface area contributed by atoms with Crippen molar-refractivity contribution in [2.24, 2.45) is 0 Å². The van der Waals surface area contributed by atoms with Crippen LogP contribution in [0.5, 0.6) is 0 Å². The normalized spacial score (nSPS) is 13.2. The van der Waals surface area contributed by atoms with Crippen LogP contribution in [0.15, 0.2) is 36.4 Å². The molecule has 0 saturated carbocycles. The van der Waals surface area contributed by atoms with Gasteiger partial charge in [-0.05, 0) is 36.4 Å². The third-order valence-electron chi connectivity index (χ3n) is 3.38. The first-order chi connectivity index (χ1) is 11.3. The van der Waals surface area contributed by atoms with Crippen LogP contribution in [0, 0.1) is 0 Å². The second-order valence-electron chi connectivity index (χ2n) is 5.09. The van der Waals surface area contributed by atoms with E-state index in [0.29, 0.717) is 20.8 Å². The standard InChI is InChI=1S/C16H9Cl3N2O3/c17-8-1-2-12-13(6-8)16(24)21(15(12)23)7-14(22)20-11-4-9(18)3-10(19)5-11/h1-6H,7H2,(H,20,22). The minimum Gasteiger partial charge on any atom is -0.324 e. The number of anilines is 1. The average Bonchev–Trinajstić information content (AvgIpc) is 2.71. The van der Waals surface area contributed by atoms with Gasteiger partial charge in [0.15, 0.2) is 0 Å². The third kappa shape index (κ3) is 3.24. The largest absolute Gasteiger partial charge is 0.324 e. The van der Waals surface area contributed by atoms with Crippen molar-refractivity contribution in [3.05, 3.63) is 62.6 Å². The zero-order chi connectivity index (χ0) is 17.4. The minimum absolute atomic E-state index is 0.186. The number of halogens is 3. The fraction of sp³-hybridized carbons (Fsp3) is 0.0625. The van der Waals surface area contributed by atoms with Crippen LogP contribution in [0.3, 0.4) is 0 Å². The van der Waals surface area contributed by atoms with Crippen LogP contribution in [0.25, 0.3) is 0 Å². The van der Waals surface area contributed by atoms with Crippen LogP contribution in [0.1, 0.15) is 20.7 Å². The van der Waals surface area contributed by atoms with Gasteiger partial charge < -0.3 is 5.32 Å². The Bertz CT molecular complexity index is 863. The zero-order valence-corrected chi connectivity index (χ0v) is 14.2. The molecule has 0 saturated heterocycles. The summed E-state index contributed by atoms with van der Waals surface area (Å²) in [6.45, 7) is -0.423. The van der Waals surface area contributed by atoms with Crippen molar-refractivity contribution in [1.82, 2.24) is 4.90 Å². The van der Waals surface area contributed by atoms with Crippen LogP contribution in [0.4, 0.5) is 5.69 Å². The van der Waals surface area contributed by atoms with E-state index in [2.05, 4.69) is 5.32 Å². The highest BCUT2D eigenvalue weighted by molar-refractivity contribution is 6.35. The number of imide groups is 1. The second-order valence-corrected chi connectivity index (χ2v) is 6.40. The highest BCUT2D eigenvalue weighted by Crippen LogP contribution is 2.26. The van der Waals surface area contributed by atoms with Gasteiger partial charge in [0.25, 0.3) is 11.8 Å². The van der Waals surface area contributed by atoms with Gasteiger partial charge >= 0.3 is 0 Å². The van der Waals surface area contributed by atoms with E-state index in [0.717, 1.165) is 4.90 Å². The van der Waals surface area contributed by atoms with E-state index in [-0.39, 0.29) is 11.1 Å². The molecule has 1 aliphatic heterocycles. The molecular formula is C16H9Cl3N2O3. The molecule has 0 spiro atoms. The van der Waals surface area contributed by atoms with Gasteiger partial charge in [-0.15, -0.1) is 0 Å². The summed E-state index contributed by atoms with van der Waals surface area (Å²) >= 11 is 17.6. The predicted molar refractivity (Wildman–Crippen MR) is 91.9 cm³/mol. The molecule has 1 N–H and O–H groups in total. The fourth-order valence-corrected chi connectivity index (χ4v) is 3.07. The Hall–Kier alpha value is -2.08. The highest BCUT2D eigenvalue weighted by atomic mass is 35.5. The average molecular weight is 384 g/mol. The SMILES string of the molecule is O=C(CN1C(=O)c2ccc(Cl)cc2C1=O)Nc1cc(Cl)cc(Cl)c1. The molecule has 0 aliphatic carbocycles.